The van der Waals surface area contributed by atoms with E-state index < -0.39 is 29.2 Å². The monoisotopic (exact) mass is 220 g/mol. The lowest BCUT2D eigenvalue weighted by atomic mass is 10.1. The number of hydrogen-bond donors (Lipinski definition) is 3. The Kier molecular flexibility index (Phi) is 2.93. The van der Waals surface area contributed by atoms with E-state index in [2.05, 4.69) is 0 Å². The van der Waals surface area contributed by atoms with Gasteiger partial charge in [-0.25, -0.2) is 9.18 Å². The molecule has 0 saturated carbocycles. The molecular weight excluding hydrogens is 215 g/mol. The van der Waals surface area contributed by atoms with E-state index >= 15 is 0 Å². The lowest BCUT2D eigenvalue weighted by Crippen LogP contribution is -2.11. The maximum absolute atomic E-state index is 12.8. The van der Waals surface area contributed by atoms with Crippen LogP contribution in [0.4, 0.5) is 4.39 Å². The first-order chi connectivity index (χ1) is 6.45. The number of aliphatic hydroxyl groups is 1. The first kappa shape index (κ1) is 10.7. The van der Waals surface area contributed by atoms with Crippen molar-refractivity contribution in [3.63, 3.8) is 0 Å². The van der Waals surface area contributed by atoms with Crippen molar-refractivity contribution >= 4 is 17.6 Å². The largest absolute Gasteiger partial charge is 0.505 e. The topological polar surface area (TPSA) is 77.8 Å². The maximum Gasteiger partial charge on any atom is 0.337 e. The molecule has 0 amide bonds. The van der Waals surface area contributed by atoms with Gasteiger partial charge in [-0.3, -0.25) is 0 Å². The van der Waals surface area contributed by atoms with Crippen LogP contribution in [0.25, 0.3) is 0 Å². The summed E-state index contributed by atoms with van der Waals surface area (Å²) >= 11 is 5.49. The molecule has 14 heavy (non-hydrogen) atoms. The van der Waals surface area contributed by atoms with E-state index in [0.717, 1.165) is 12.1 Å². The van der Waals surface area contributed by atoms with Gasteiger partial charge in [-0.05, 0) is 12.1 Å². The number of carbonyl (C=O) groups is 1. The second-order valence-corrected chi connectivity index (χ2v) is 2.94. The first-order valence-corrected chi connectivity index (χ1v) is 3.90. The lowest BCUT2D eigenvalue weighted by Gasteiger charge is -2.10. The number of aliphatic hydroxyl groups excluding tert-OH is 1. The van der Waals surface area contributed by atoms with Gasteiger partial charge in [0, 0.05) is 0 Å². The molecule has 1 unspecified atom stereocenters. The normalized spacial score (nSPS) is 12.5. The minimum absolute atomic E-state index is 0.209. The second kappa shape index (κ2) is 3.81. The number of halogens is 2. The second-order valence-electron chi connectivity index (χ2n) is 2.53. The molecule has 0 spiro atoms. The first-order valence-electron chi connectivity index (χ1n) is 3.53. The molecular formula is C8H6ClFO4. The van der Waals surface area contributed by atoms with E-state index in [1.54, 1.807) is 0 Å². The van der Waals surface area contributed by atoms with Crippen LogP contribution < -0.4 is 0 Å². The molecule has 6 heteroatoms. The van der Waals surface area contributed by atoms with E-state index in [0.29, 0.717) is 0 Å². The van der Waals surface area contributed by atoms with Gasteiger partial charge in [-0.2, -0.15) is 0 Å². The Morgan fingerprint density at radius 2 is 2.07 bits per heavy atom. The van der Waals surface area contributed by atoms with Crippen LogP contribution >= 0.6 is 11.6 Å². The van der Waals surface area contributed by atoms with E-state index in [1.165, 1.54) is 0 Å². The standard InChI is InChI=1S/C8H6ClFO4/c9-3-1-2-4(10)6(11)5(3)7(12)8(13)14/h1-2,7,11-12H,(H,13,14). The summed E-state index contributed by atoms with van der Waals surface area (Å²) in [5, 5.41) is 26.4. The highest BCUT2D eigenvalue weighted by Gasteiger charge is 2.24. The summed E-state index contributed by atoms with van der Waals surface area (Å²) in [6.07, 6.45) is -2.04. The number of carboxylic acid groups (broad SMARTS) is 1. The molecule has 0 heterocycles. The van der Waals surface area contributed by atoms with Crippen LogP contribution in [-0.2, 0) is 4.79 Å². The van der Waals surface area contributed by atoms with Gasteiger partial charge in [0.05, 0.1) is 10.6 Å². The third kappa shape index (κ3) is 1.78. The molecule has 1 aromatic carbocycles. The minimum atomic E-state index is -2.04. The fraction of sp³-hybridized carbons (Fsp3) is 0.125. The number of carboxylic acids is 1. The van der Waals surface area contributed by atoms with Crippen molar-refractivity contribution in [1.82, 2.24) is 0 Å². The van der Waals surface area contributed by atoms with Gasteiger partial charge in [-0.15, -0.1) is 0 Å². The lowest BCUT2D eigenvalue weighted by molar-refractivity contribution is -0.147. The molecule has 1 atom stereocenters. The minimum Gasteiger partial charge on any atom is -0.505 e. The molecule has 1 aromatic rings. The summed E-state index contributed by atoms with van der Waals surface area (Å²) < 4.78 is 12.8. The van der Waals surface area contributed by atoms with Gasteiger partial charge in [-0.1, -0.05) is 11.6 Å². The smallest absolute Gasteiger partial charge is 0.337 e. The number of phenols is 1. The van der Waals surface area contributed by atoms with Gasteiger partial charge in [0.1, 0.15) is 0 Å². The van der Waals surface area contributed by atoms with Crippen LogP contribution in [-0.4, -0.2) is 21.3 Å². The zero-order valence-electron chi connectivity index (χ0n) is 6.74. The van der Waals surface area contributed by atoms with Crippen molar-refractivity contribution < 1.29 is 24.5 Å². The Labute approximate surface area is 83.2 Å². The summed E-state index contributed by atoms with van der Waals surface area (Å²) in [5.74, 6) is -3.61. The van der Waals surface area contributed by atoms with Crippen LogP contribution in [0.15, 0.2) is 12.1 Å². The molecule has 3 N–H and O–H groups in total. The summed E-state index contributed by atoms with van der Waals surface area (Å²) in [5.41, 5.74) is -0.542. The molecule has 0 bridgehead atoms. The van der Waals surface area contributed by atoms with Crippen molar-refractivity contribution in [3.8, 4) is 5.75 Å². The molecule has 0 fully saturated rings. The fourth-order valence-electron chi connectivity index (χ4n) is 0.940. The van der Waals surface area contributed by atoms with Crippen molar-refractivity contribution in [2.45, 2.75) is 6.10 Å². The van der Waals surface area contributed by atoms with E-state index in [-0.39, 0.29) is 5.02 Å². The summed E-state index contributed by atoms with van der Waals surface area (Å²) in [6.45, 7) is 0. The third-order valence-electron chi connectivity index (χ3n) is 1.62. The Morgan fingerprint density at radius 3 is 2.57 bits per heavy atom. The third-order valence-corrected chi connectivity index (χ3v) is 1.95. The Bertz CT molecular complexity index is 380. The van der Waals surface area contributed by atoms with Crippen molar-refractivity contribution in [3.05, 3.63) is 28.5 Å². The van der Waals surface area contributed by atoms with Crippen LogP contribution in [0, 0.1) is 5.82 Å². The number of phenolic OH excluding ortho intramolecular Hbond substituents is 1. The molecule has 0 aliphatic rings. The molecule has 0 aliphatic heterocycles. The number of aliphatic carboxylic acids is 1. The van der Waals surface area contributed by atoms with Crippen LogP contribution in [0.1, 0.15) is 11.7 Å². The predicted octanol–water partition coefficient (Wildman–Crippen LogP) is 1.30. The zero-order valence-corrected chi connectivity index (χ0v) is 7.49. The summed E-state index contributed by atoms with van der Waals surface area (Å²) in [6, 6.07) is 1.92. The maximum atomic E-state index is 12.8. The average Bonchev–Trinajstić information content (AvgIpc) is 2.12. The predicted molar refractivity (Wildman–Crippen MR) is 45.7 cm³/mol. The van der Waals surface area contributed by atoms with Crippen molar-refractivity contribution in [2.24, 2.45) is 0 Å². The molecule has 0 saturated heterocycles. The van der Waals surface area contributed by atoms with Gasteiger partial charge < -0.3 is 15.3 Å². The van der Waals surface area contributed by atoms with E-state index in [9.17, 15) is 9.18 Å². The zero-order chi connectivity index (χ0) is 10.9. The number of rotatable bonds is 2. The van der Waals surface area contributed by atoms with Crippen molar-refractivity contribution in [1.29, 1.82) is 0 Å². The van der Waals surface area contributed by atoms with Gasteiger partial charge in [0.25, 0.3) is 0 Å². The number of aromatic hydroxyl groups is 1. The number of benzene rings is 1. The highest BCUT2D eigenvalue weighted by molar-refractivity contribution is 6.31. The SMILES string of the molecule is O=C(O)C(O)c1c(Cl)ccc(F)c1O. The van der Waals surface area contributed by atoms with E-state index in [4.69, 9.17) is 26.9 Å². The molecule has 4 nitrogen and oxygen atoms in total. The Morgan fingerprint density at radius 1 is 1.50 bits per heavy atom. The molecule has 0 radical (unpaired) electrons. The number of hydrogen-bond acceptors (Lipinski definition) is 3. The summed E-state index contributed by atoms with van der Waals surface area (Å²) in [4.78, 5) is 10.4. The fourth-order valence-corrected chi connectivity index (χ4v) is 1.20. The average molecular weight is 221 g/mol. The van der Waals surface area contributed by atoms with Crippen LogP contribution in [0.5, 0.6) is 5.75 Å². The van der Waals surface area contributed by atoms with Crippen LogP contribution in [0.3, 0.4) is 0 Å². The Balaban J connectivity index is 3.32. The molecule has 0 aromatic heterocycles. The Hall–Kier alpha value is -1.33. The van der Waals surface area contributed by atoms with Gasteiger partial charge in [0.2, 0.25) is 0 Å². The van der Waals surface area contributed by atoms with Crippen LogP contribution in [0.2, 0.25) is 5.02 Å². The van der Waals surface area contributed by atoms with Gasteiger partial charge in [0.15, 0.2) is 17.7 Å². The molecule has 1 rings (SSSR count). The molecule has 76 valence electrons. The van der Waals surface area contributed by atoms with Gasteiger partial charge >= 0.3 is 5.97 Å². The summed E-state index contributed by atoms with van der Waals surface area (Å²) in [7, 11) is 0. The molecule has 0 aliphatic carbocycles. The van der Waals surface area contributed by atoms with Crippen molar-refractivity contribution in [2.75, 3.05) is 0 Å². The quantitative estimate of drug-likeness (QED) is 0.702. The highest BCUT2D eigenvalue weighted by Crippen LogP contribution is 2.33. The highest BCUT2D eigenvalue weighted by atomic mass is 35.5. The van der Waals surface area contributed by atoms with E-state index in [1.807, 2.05) is 0 Å².